The van der Waals surface area contributed by atoms with Gasteiger partial charge in [-0.15, -0.1) is 11.3 Å². The first kappa shape index (κ1) is 28.6. The molecule has 3 aromatic rings. The van der Waals surface area contributed by atoms with Crippen LogP contribution in [0, 0.1) is 0 Å². The van der Waals surface area contributed by atoms with Crippen LogP contribution in [0.25, 0.3) is 0 Å². The molecule has 6 nitrogen and oxygen atoms in total. The number of carboxylic acids is 1. The van der Waals surface area contributed by atoms with E-state index in [1.807, 2.05) is 60.0 Å². The zero-order valence-corrected chi connectivity index (χ0v) is 24.2. The van der Waals surface area contributed by atoms with Gasteiger partial charge in [0.1, 0.15) is 5.84 Å². The van der Waals surface area contributed by atoms with Crippen molar-refractivity contribution < 1.29 is 14.6 Å². The average Bonchev–Trinajstić information content (AvgIpc) is 3.52. The van der Waals surface area contributed by atoms with Crippen LogP contribution in [0.4, 0.5) is 0 Å². The molecule has 2 aromatic carbocycles. The summed E-state index contributed by atoms with van der Waals surface area (Å²) < 4.78 is 6.09. The Morgan fingerprint density at radius 1 is 1.00 bits per heavy atom. The Labute approximate surface area is 245 Å². The summed E-state index contributed by atoms with van der Waals surface area (Å²) in [5.41, 5.74) is 2.87. The number of aryl methyl sites for hydroxylation is 1. The van der Waals surface area contributed by atoms with Crippen molar-refractivity contribution in [2.24, 2.45) is 4.99 Å². The Kier molecular flexibility index (Phi) is 10.1. The summed E-state index contributed by atoms with van der Waals surface area (Å²) >= 11 is 7.85. The highest BCUT2D eigenvalue weighted by atomic mass is 35.5. The first-order chi connectivity index (χ1) is 19.6. The van der Waals surface area contributed by atoms with Gasteiger partial charge in [0.25, 0.3) is 0 Å². The number of hydrogen-bond acceptors (Lipinski definition) is 6. The molecule has 0 aliphatic carbocycles. The highest BCUT2D eigenvalue weighted by Gasteiger charge is 2.37. The minimum Gasteiger partial charge on any atom is -0.478 e. The number of likely N-dealkylation sites (tertiary alicyclic amines) is 1. The smallest absolute Gasteiger partial charge is 0.336 e. The number of ether oxygens (including phenoxy) is 1. The predicted molar refractivity (Wildman–Crippen MR) is 162 cm³/mol. The molecule has 1 atom stereocenters. The maximum Gasteiger partial charge on any atom is 0.336 e. The van der Waals surface area contributed by atoms with E-state index in [0.29, 0.717) is 23.9 Å². The lowest BCUT2D eigenvalue weighted by atomic mass is 9.92. The minimum atomic E-state index is -0.975. The Bertz CT molecular complexity index is 1300. The normalized spacial score (nSPS) is 18.2. The van der Waals surface area contributed by atoms with Crippen LogP contribution < -0.4 is 0 Å². The number of aliphatic carboxylic acids is 1. The van der Waals surface area contributed by atoms with Gasteiger partial charge in [0.15, 0.2) is 0 Å². The first-order valence-electron chi connectivity index (χ1n) is 14.0. The fourth-order valence-corrected chi connectivity index (χ4v) is 6.37. The van der Waals surface area contributed by atoms with Gasteiger partial charge in [-0.2, -0.15) is 0 Å². The molecule has 210 valence electrons. The largest absolute Gasteiger partial charge is 0.478 e. The quantitative estimate of drug-likeness (QED) is 0.243. The summed E-state index contributed by atoms with van der Waals surface area (Å²) in [6.07, 6.45) is 5.49. The fraction of sp³-hybridized carbons (Fsp3) is 0.375. The molecule has 1 unspecified atom stereocenters. The summed E-state index contributed by atoms with van der Waals surface area (Å²) in [6, 6.07) is 21.4. The number of aliphatic imine (C=N–C) groups is 1. The Morgan fingerprint density at radius 3 is 2.48 bits per heavy atom. The van der Waals surface area contributed by atoms with Crippen molar-refractivity contribution in [2.75, 3.05) is 39.4 Å². The van der Waals surface area contributed by atoms with Crippen molar-refractivity contribution in [3.63, 3.8) is 0 Å². The van der Waals surface area contributed by atoms with E-state index in [0.717, 1.165) is 48.8 Å². The summed E-state index contributed by atoms with van der Waals surface area (Å²) in [5, 5.41) is 13.2. The number of amidine groups is 1. The molecule has 2 aliphatic heterocycles. The van der Waals surface area contributed by atoms with Crippen molar-refractivity contribution in [1.82, 2.24) is 9.80 Å². The molecule has 1 aromatic heterocycles. The second-order valence-electron chi connectivity index (χ2n) is 10.3. The third-order valence-corrected chi connectivity index (χ3v) is 8.63. The molecule has 0 spiro atoms. The van der Waals surface area contributed by atoms with Crippen molar-refractivity contribution in [2.45, 2.75) is 38.1 Å². The molecule has 0 bridgehead atoms. The van der Waals surface area contributed by atoms with E-state index < -0.39 is 12.0 Å². The van der Waals surface area contributed by atoms with E-state index in [1.165, 1.54) is 24.8 Å². The number of thiophene rings is 1. The number of halogens is 1. The van der Waals surface area contributed by atoms with E-state index in [9.17, 15) is 9.90 Å². The summed E-state index contributed by atoms with van der Waals surface area (Å²) in [6.45, 7) is 4.41. The van der Waals surface area contributed by atoms with E-state index in [-0.39, 0.29) is 12.2 Å². The molecule has 2 aliphatic rings. The van der Waals surface area contributed by atoms with Crippen molar-refractivity contribution in [1.29, 1.82) is 0 Å². The molecular weight excluding hydrogens is 542 g/mol. The van der Waals surface area contributed by atoms with Crippen LogP contribution in [-0.4, -0.2) is 66.1 Å². The number of carbonyl (C=O) groups is 1. The number of hydrogen-bond donors (Lipinski definition) is 1. The van der Waals surface area contributed by atoms with Crippen LogP contribution in [0.15, 0.2) is 88.4 Å². The number of benzene rings is 2. The van der Waals surface area contributed by atoms with E-state index in [4.69, 9.17) is 21.3 Å². The number of rotatable bonds is 12. The van der Waals surface area contributed by atoms with Crippen molar-refractivity contribution in [3.05, 3.63) is 104 Å². The zero-order valence-electron chi connectivity index (χ0n) is 22.7. The van der Waals surface area contributed by atoms with Gasteiger partial charge in [-0.3, -0.25) is 0 Å². The van der Waals surface area contributed by atoms with Gasteiger partial charge in [-0.05, 0) is 73.5 Å². The molecule has 1 fully saturated rings. The van der Waals surface area contributed by atoms with Crippen LogP contribution >= 0.6 is 22.9 Å². The number of nitrogens with zero attached hydrogens (tertiary/aromatic N) is 3. The fourth-order valence-electron chi connectivity index (χ4n) is 5.51. The van der Waals surface area contributed by atoms with Gasteiger partial charge in [0.05, 0.1) is 35.4 Å². The van der Waals surface area contributed by atoms with Gasteiger partial charge >= 0.3 is 5.97 Å². The minimum absolute atomic E-state index is 0.159. The summed E-state index contributed by atoms with van der Waals surface area (Å²) in [4.78, 5) is 23.5. The Balaban J connectivity index is 1.45. The molecule has 5 rings (SSSR count). The lowest BCUT2D eigenvalue weighted by Gasteiger charge is -2.38. The average molecular weight is 578 g/mol. The SMILES string of the molecule is O=C(O)C1=C(COCCN2CCCCC2)N=C(c2cccs2)N(CCCc2ccccc2)C1c1ccc(Cl)cc1. The molecular formula is C32H36ClN3O3S. The summed E-state index contributed by atoms with van der Waals surface area (Å²) in [7, 11) is 0. The standard InChI is InChI=1S/C32H36ClN3O3S/c33-26-15-13-25(14-16-26)30-29(32(37)38)27(23-39-21-20-35-17-5-2-6-18-35)34-31(28-12-8-22-40-28)36(30)19-7-11-24-9-3-1-4-10-24/h1,3-4,8-10,12-16,22,30H,2,5-7,11,17-21,23H2,(H,37,38). The molecule has 1 saturated heterocycles. The highest BCUT2D eigenvalue weighted by molar-refractivity contribution is 7.12. The van der Waals surface area contributed by atoms with Gasteiger partial charge in [-0.25, -0.2) is 9.79 Å². The Hall–Kier alpha value is -2.97. The molecule has 1 N–H and O–H groups in total. The van der Waals surface area contributed by atoms with Crippen LogP contribution in [0.5, 0.6) is 0 Å². The second kappa shape index (κ2) is 14.1. The van der Waals surface area contributed by atoms with Crippen LogP contribution in [0.2, 0.25) is 5.02 Å². The van der Waals surface area contributed by atoms with Crippen molar-refractivity contribution >= 4 is 34.7 Å². The van der Waals surface area contributed by atoms with Gasteiger partial charge < -0.3 is 19.6 Å². The molecule has 3 heterocycles. The maximum absolute atomic E-state index is 12.9. The third-order valence-electron chi connectivity index (χ3n) is 7.51. The van der Waals surface area contributed by atoms with Crippen LogP contribution in [0.3, 0.4) is 0 Å². The lowest BCUT2D eigenvalue weighted by Crippen LogP contribution is -2.42. The number of carboxylic acid groups (broad SMARTS) is 1. The highest BCUT2D eigenvalue weighted by Crippen LogP contribution is 2.38. The molecule has 8 heteroatoms. The van der Waals surface area contributed by atoms with Crippen LogP contribution in [0.1, 0.15) is 47.7 Å². The van der Waals surface area contributed by atoms with E-state index in [1.54, 1.807) is 11.3 Å². The van der Waals surface area contributed by atoms with Gasteiger partial charge in [-0.1, -0.05) is 66.6 Å². The zero-order chi connectivity index (χ0) is 27.7. The molecule has 0 amide bonds. The second-order valence-corrected chi connectivity index (χ2v) is 11.7. The topological polar surface area (TPSA) is 65.4 Å². The lowest BCUT2D eigenvalue weighted by molar-refractivity contribution is -0.133. The molecule has 0 radical (unpaired) electrons. The van der Waals surface area contributed by atoms with Crippen molar-refractivity contribution in [3.8, 4) is 0 Å². The predicted octanol–water partition coefficient (Wildman–Crippen LogP) is 6.68. The van der Waals surface area contributed by atoms with Gasteiger partial charge in [0.2, 0.25) is 0 Å². The molecule has 40 heavy (non-hydrogen) atoms. The van der Waals surface area contributed by atoms with Gasteiger partial charge in [0, 0.05) is 18.1 Å². The third kappa shape index (κ3) is 7.21. The first-order valence-corrected chi connectivity index (χ1v) is 15.3. The number of piperidine rings is 1. The van der Waals surface area contributed by atoms with Crippen LogP contribution in [-0.2, 0) is 16.0 Å². The maximum atomic E-state index is 12.9. The van der Waals surface area contributed by atoms with E-state index in [2.05, 4.69) is 21.9 Å². The summed E-state index contributed by atoms with van der Waals surface area (Å²) in [5.74, 6) is -0.181. The molecule has 0 saturated carbocycles. The Morgan fingerprint density at radius 2 is 1.77 bits per heavy atom. The monoisotopic (exact) mass is 577 g/mol. The van der Waals surface area contributed by atoms with E-state index >= 15 is 0 Å².